The van der Waals surface area contributed by atoms with E-state index in [0.29, 0.717) is 11.9 Å². The third-order valence-corrected chi connectivity index (χ3v) is 4.24. The van der Waals surface area contributed by atoms with Crippen LogP contribution in [0.5, 0.6) is 0 Å². The Morgan fingerprint density at radius 2 is 1.80 bits per heavy atom. The smallest absolute Gasteiger partial charge is 0.223 e. The van der Waals surface area contributed by atoms with Crippen LogP contribution >= 0.6 is 0 Å². The predicted molar refractivity (Wildman–Crippen MR) is 99.1 cm³/mol. The second-order valence-electron chi connectivity index (χ2n) is 6.61. The summed E-state index contributed by atoms with van der Waals surface area (Å²) in [7, 11) is 2.00. The van der Waals surface area contributed by atoms with Gasteiger partial charge in [0.15, 0.2) is 0 Å². The molecule has 6 nitrogen and oxygen atoms in total. The number of anilines is 1. The van der Waals surface area contributed by atoms with Crippen molar-refractivity contribution in [3.8, 4) is 11.3 Å². The van der Waals surface area contributed by atoms with Gasteiger partial charge >= 0.3 is 0 Å². The second-order valence-corrected chi connectivity index (χ2v) is 6.61. The van der Waals surface area contributed by atoms with Gasteiger partial charge in [-0.05, 0) is 38.0 Å². The topological polar surface area (TPSA) is 68.5 Å². The van der Waals surface area contributed by atoms with E-state index >= 15 is 0 Å². The Morgan fingerprint density at radius 1 is 1.00 bits per heavy atom. The normalized spacial score (nSPS) is 12.4. The zero-order chi connectivity index (χ0) is 18.0. The van der Waals surface area contributed by atoms with Crippen molar-refractivity contribution in [1.82, 2.24) is 24.5 Å². The first-order valence-electron chi connectivity index (χ1n) is 8.47. The number of pyridine rings is 1. The van der Waals surface area contributed by atoms with Gasteiger partial charge in [0.25, 0.3) is 0 Å². The summed E-state index contributed by atoms with van der Waals surface area (Å²) >= 11 is 0. The van der Waals surface area contributed by atoms with E-state index in [1.165, 1.54) is 0 Å². The van der Waals surface area contributed by atoms with Crippen LogP contribution in [0, 0.1) is 19.8 Å². The second kappa shape index (κ2) is 7.01. The highest BCUT2D eigenvalue weighted by Crippen LogP contribution is 2.25. The summed E-state index contributed by atoms with van der Waals surface area (Å²) in [6.07, 6.45) is 5.54. The van der Waals surface area contributed by atoms with Crippen LogP contribution in [0.15, 0.2) is 36.8 Å². The Morgan fingerprint density at radius 3 is 2.44 bits per heavy atom. The molecule has 0 spiro atoms. The lowest BCUT2D eigenvalue weighted by Gasteiger charge is -2.22. The number of aryl methyl sites for hydroxylation is 3. The van der Waals surface area contributed by atoms with Crippen LogP contribution in [0.3, 0.4) is 0 Å². The Kier molecular flexibility index (Phi) is 4.79. The van der Waals surface area contributed by atoms with Crippen molar-refractivity contribution >= 4 is 5.95 Å². The van der Waals surface area contributed by atoms with Crippen LogP contribution in [0.1, 0.15) is 37.1 Å². The van der Waals surface area contributed by atoms with E-state index in [2.05, 4.69) is 40.2 Å². The monoisotopic (exact) mass is 336 g/mol. The fourth-order valence-electron chi connectivity index (χ4n) is 2.88. The molecule has 0 bridgehead atoms. The third kappa shape index (κ3) is 3.68. The minimum absolute atomic E-state index is 0.0347. The van der Waals surface area contributed by atoms with E-state index in [4.69, 9.17) is 4.98 Å². The average molecular weight is 336 g/mol. The van der Waals surface area contributed by atoms with Crippen molar-refractivity contribution in [2.45, 2.75) is 33.7 Å². The summed E-state index contributed by atoms with van der Waals surface area (Å²) in [5.74, 6) is 1.91. The van der Waals surface area contributed by atoms with Gasteiger partial charge in [0.1, 0.15) is 5.82 Å². The van der Waals surface area contributed by atoms with Gasteiger partial charge in [-0.25, -0.2) is 15.0 Å². The summed E-state index contributed by atoms with van der Waals surface area (Å²) in [6.45, 7) is 8.31. The molecule has 1 N–H and O–H groups in total. The number of imidazole rings is 1. The van der Waals surface area contributed by atoms with Crippen LogP contribution in [-0.4, -0.2) is 24.5 Å². The highest BCUT2D eigenvalue weighted by atomic mass is 15.2. The van der Waals surface area contributed by atoms with Crippen molar-refractivity contribution in [2.24, 2.45) is 13.0 Å². The standard InChI is InChI=1S/C19H24N6/c1-12(2)17(18-20-10-11-25(18)5)24-19-21-9-8-16(23-19)15-7-6-13(3)22-14(15)4/h6-12,17H,1-5H3,(H,21,23,24)/t17-/m0/s1. The molecular weight excluding hydrogens is 312 g/mol. The Hall–Kier alpha value is -2.76. The molecule has 0 aliphatic rings. The molecule has 0 aliphatic heterocycles. The molecule has 25 heavy (non-hydrogen) atoms. The summed E-state index contributed by atoms with van der Waals surface area (Å²) in [5, 5.41) is 3.44. The molecule has 130 valence electrons. The molecule has 1 atom stereocenters. The molecule has 3 rings (SSSR count). The van der Waals surface area contributed by atoms with Gasteiger partial charge in [0.2, 0.25) is 5.95 Å². The number of nitrogens with zero attached hydrogens (tertiary/aromatic N) is 5. The lowest BCUT2D eigenvalue weighted by Crippen LogP contribution is -2.21. The molecule has 0 saturated heterocycles. The zero-order valence-electron chi connectivity index (χ0n) is 15.4. The van der Waals surface area contributed by atoms with Crippen molar-refractivity contribution in [2.75, 3.05) is 5.32 Å². The number of rotatable bonds is 5. The largest absolute Gasteiger partial charge is 0.344 e. The van der Waals surface area contributed by atoms with Gasteiger partial charge in [-0.1, -0.05) is 13.8 Å². The van der Waals surface area contributed by atoms with E-state index in [-0.39, 0.29) is 6.04 Å². The van der Waals surface area contributed by atoms with Crippen molar-refractivity contribution in [3.63, 3.8) is 0 Å². The molecule has 0 radical (unpaired) electrons. The molecule has 0 unspecified atom stereocenters. The maximum absolute atomic E-state index is 4.70. The molecule has 0 aromatic carbocycles. The van der Waals surface area contributed by atoms with Crippen LogP contribution in [0.4, 0.5) is 5.95 Å². The van der Waals surface area contributed by atoms with Crippen molar-refractivity contribution in [3.05, 3.63) is 54.0 Å². The zero-order valence-corrected chi connectivity index (χ0v) is 15.4. The first-order chi connectivity index (χ1) is 12.0. The molecule has 3 heterocycles. The fraction of sp³-hybridized carbons (Fsp3) is 0.368. The highest BCUT2D eigenvalue weighted by molar-refractivity contribution is 5.62. The van der Waals surface area contributed by atoms with Gasteiger partial charge in [0.05, 0.1) is 11.7 Å². The van der Waals surface area contributed by atoms with Gasteiger partial charge in [-0.15, -0.1) is 0 Å². The molecule has 3 aromatic rings. The first-order valence-corrected chi connectivity index (χ1v) is 8.47. The minimum atomic E-state index is 0.0347. The summed E-state index contributed by atoms with van der Waals surface area (Å²) in [6, 6.07) is 6.01. The van der Waals surface area contributed by atoms with Gasteiger partial charge in [-0.2, -0.15) is 0 Å². The Balaban J connectivity index is 1.92. The average Bonchev–Trinajstić information content (AvgIpc) is 2.98. The van der Waals surface area contributed by atoms with Crippen LogP contribution in [0.2, 0.25) is 0 Å². The fourth-order valence-corrected chi connectivity index (χ4v) is 2.88. The molecule has 0 aliphatic carbocycles. The van der Waals surface area contributed by atoms with Crippen LogP contribution < -0.4 is 5.32 Å². The van der Waals surface area contributed by atoms with E-state index in [1.54, 1.807) is 6.20 Å². The summed E-state index contributed by atoms with van der Waals surface area (Å²) < 4.78 is 2.02. The molecule has 6 heteroatoms. The summed E-state index contributed by atoms with van der Waals surface area (Å²) in [5.41, 5.74) is 3.86. The van der Waals surface area contributed by atoms with E-state index < -0.39 is 0 Å². The maximum atomic E-state index is 4.70. The van der Waals surface area contributed by atoms with Crippen LogP contribution in [0.25, 0.3) is 11.3 Å². The van der Waals surface area contributed by atoms with Gasteiger partial charge in [-0.3, -0.25) is 4.98 Å². The molecule has 0 saturated carbocycles. The molecular formula is C19H24N6. The molecule has 3 aromatic heterocycles. The van der Waals surface area contributed by atoms with Gasteiger partial charge < -0.3 is 9.88 Å². The lowest BCUT2D eigenvalue weighted by molar-refractivity contribution is 0.505. The summed E-state index contributed by atoms with van der Waals surface area (Å²) in [4.78, 5) is 18.1. The number of aromatic nitrogens is 5. The van der Waals surface area contributed by atoms with Crippen molar-refractivity contribution < 1.29 is 0 Å². The lowest BCUT2D eigenvalue weighted by atomic mass is 10.0. The van der Waals surface area contributed by atoms with E-state index in [0.717, 1.165) is 28.5 Å². The first kappa shape index (κ1) is 17.1. The third-order valence-electron chi connectivity index (χ3n) is 4.24. The SMILES string of the molecule is Cc1ccc(-c2ccnc(N[C@H](c3nccn3C)C(C)C)n2)c(C)n1. The Bertz CT molecular complexity index is 868. The van der Waals surface area contributed by atoms with Crippen molar-refractivity contribution in [1.29, 1.82) is 0 Å². The highest BCUT2D eigenvalue weighted by Gasteiger charge is 2.21. The quantitative estimate of drug-likeness (QED) is 0.769. The van der Waals surface area contributed by atoms with Crippen LogP contribution in [-0.2, 0) is 7.05 Å². The number of hydrogen-bond donors (Lipinski definition) is 1. The number of nitrogens with one attached hydrogen (secondary N) is 1. The van der Waals surface area contributed by atoms with E-state index in [9.17, 15) is 0 Å². The molecule has 0 amide bonds. The predicted octanol–water partition coefficient (Wildman–Crippen LogP) is 3.70. The van der Waals surface area contributed by atoms with E-state index in [1.807, 2.05) is 50.0 Å². The molecule has 0 fully saturated rings. The van der Waals surface area contributed by atoms with Gasteiger partial charge in [0, 0.05) is 42.6 Å². The Labute approximate surface area is 148 Å². The minimum Gasteiger partial charge on any atom is -0.344 e. The number of hydrogen-bond acceptors (Lipinski definition) is 5. The maximum Gasteiger partial charge on any atom is 0.223 e.